The first kappa shape index (κ1) is 15.8. The van der Waals surface area contributed by atoms with Crippen LogP contribution in [0.25, 0.3) is 0 Å². The van der Waals surface area contributed by atoms with E-state index >= 15 is 0 Å². The highest BCUT2D eigenvalue weighted by Gasteiger charge is 2.06. The van der Waals surface area contributed by atoms with E-state index in [9.17, 15) is 5.11 Å². The van der Waals surface area contributed by atoms with Gasteiger partial charge in [-0.2, -0.15) is 0 Å². The van der Waals surface area contributed by atoms with Crippen molar-refractivity contribution in [1.29, 1.82) is 0 Å². The van der Waals surface area contributed by atoms with Crippen molar-refractivity contribution in [3.05, 3.63) is 83.9 Å². The molecule has 0 aliphatic carbocycles. The number of benzene rings is 2. The lowest BCUT2D eigenvalue weighted by Gasteiger charge is -2.30. The highest BCUT2D eigenvalue weighted by atomic mass is 16.6. The molecule has 0 aromatic heterocycles. The van der Waals surface area contributed by atoms with Crippen LogP contribution in [0.3, 0.4) is 0 Å². The normalized spacial score (nSPS) is 11.9. The second-order valence-electron chi connectivity index (χ2n) is 5.87. The van der Waals surface area contributed by atoms with Gasteiger partial charge in [0, 0.05) is 22.9 Å². The van der Waals surface area contributed by atoms with Gasteiger partial charge in [0.1, 0.15) is 0 Å². The number of hydrogen-bond donors (Lipinski definition) is 0. The third-order valence-corrected chi connectivity index (χ3v) is 2.80. The lowest BCUT2D eigenvalue weighted by molar-refractivity contribution is -0.369. The summed E-state index contributed by atoms with van der Waals surface area (Å²) < 4.78 is 5.26. The van der Waals surface area contributed by atoms with Crippen molar-refractivity contribution in [2.75, 3.05) is 0 Å². The first-order valence-corrected chi connectivity index (χ1v) is 7.20. The summed E-state index contributed by atoms with van der Waals surface area (Å²) in [7, 11) is 0. The van der Waals surface area contributed by atoms with E-state index in [0.717, 1.165) is 16.8 Å². The van der Waals surface area contributed by atoms with E-state index in [1.54, 1.807) is 0 Å². The van der Waals surface area contributed by atoms with Crippen molar-refractivity contribution in [3.8, 4) is 0 Å². The Hall–Kier alpha value is -2.55. The fraction of sp³-hybridized carbons (Fsp3) is 0.211. The van der Waals surface area contributed by atoms with Crippen LogP contribution < -0.4 is 5.11 Å². The minimum absolute atomic E-state index is 0.447. The van der Waals surface area contributed by atoms with Crippen LogP contribution in [0.1, 0.15) is 31.9 Å². The summed E-state index contributed by atoms with van der Waals surface area (Å²) in [5.41, 5.74) is 2.12. The van der Waals surface area contributed by atoms with E-state index in [1.807, 2.05) is 81.4 Å². The van der Waals surface area contributed by atoms with Crippen LogP contribution in [0.2, 0.25) is 0 Å². The maximum Gasteiger partial charge on any atom is 0.0774 e. The molecule has 0 saturated heterocycles. The summed E-state index contributed by atoms with van der Waals surface area (Å²) in [5.74, 6) is -0.447. The first-order chi connectivity index (χ1) is 10.5. The van der Waals surface area contributed by atoms with Gasteiger partial charge < -0.3 is 9.84 Å². The summed E-state index contributed by atoms with van der Waals surface area (Å²) in [6, 6.07) is 19.5. The average Bonchev–Trinajstić information content (AvgIpc) is 2.48. The molecule has 2 aromatic carbocycles. The number of ether oxygens (including phenoxy) is 1. The molecule has 2 aromatic rings. The van der Waals surface area contributed by atoms with E-state index in [-0.39, 0.29) is 0 Å². The lowest BCUT2D eigenvalue weighted by Crippen LogP contribution is -2.23. The third-order valence-electron chi connectivity index (χ3n) is 2.80. The Kier molecular flexibility index (Phi) is 4.99. The maximum atomic E-state index is 11.8. The SMILES string of the molecule is CC(C)(C)O/C([O-])=C\N=C(c1ccccc1)c1ccccc1. The Bertz CT molecular complexity index is 611. The second-order valence-corrected chi connectivity index (χ2v) is 5.87. The molecule has 0 aliphatic heterocycles. The standard InChI is InChI=1S/C19H21NO2/c1-19(2,3)22-17(21)14-20-18(15-10-6-4-7-11-15)16-12-8-5-9-13-16/h4-14,21H,1-3H3/p-1/b17-14-. The molecule has 114 valence electrons. The molecule has 0 saturated carbocycles. The quantitative estimate of drug-likeness (QED) is 0.640. The summed E-state index contributed by atoms with van der Waals surface area (Å²) in [5, 5.41) is 11.8. The van der Waals surface area contributed by atoms with E-state index in [1.165, 1.54) is 6.20 Å². The second kappa shape index (κ2) is 6.94. The zero-order valence-corrected chi connectivity index (χ0v) is 13.1. The smallest absolute Gasteiger partial charge is 0.0774 e. The lowest BCUT2D eigenvalue weighted by atomic mass is 10.0. The number of nitrogens with zero attached hydrogens (tertiary/aromatic N) is 1. The molecule has 0 fully saturated rings. The molecule has 0 amide bonds. The van der Waals surface area contributed by atoms with Gasteiger partial charge >= 0.3 is 0 Å². The van der Waals surface area contributed by atoms with E-state index in [0.29, 0.717) is 0 Å². The van der Waals surface area contributed by atoms with Crippen molar-refractivity contribution in [1.82, 2.24) is 0 Å². The molecule has 0 unspecified atom stereocenters. The van der Waals surface area contributed by atoms with Crippen molar-refractivity contribution in [2.24, 2.45) is 4.99 Å². The number of aliphatic imine (C=N–C) groups is 1. The van der Waals surface area contributed by atoms with Gasteiger partial charge in [0.25, 0.3) is 0 Å². The Morgan fingerprint density at radius 2 is 1.36 bits per heavy atom. The summed E-state index contributed by atoms with van der Waals surface area (Å²) in [4.78, 5) is 4.37. The Labute approximate surface area is 131 Å². The van der Waals surface area contributed by atoms with Gasteiger partial charge in [-0.3, -0.25) is 4.99 Å². The monoisotopic (exact) mass is 294 g/mol. The molecule has 0 heterocycles. The van der Waals surface area contributed by atoms with Gasteiger partial charge in [-0.1, -0.05) is 81.4 Å². The molecular formula is C19H20NO2-. The van der Waals surface area contributed by atoms with Crippen LogP contribution in [0.5, 0.6) is 0 Å². The molecule has 0 radical (unpaired) electrons. The molecule has 0 atom stereocenters. The van der Waals surface area contributed by atoms with Crippen LogP contribution in [0.4, 0.5) is 0 Å². The fourth-order valence-corrected chi connectivity index (χ4v) is 1.95. The van der Waals surface area contributed by atoms with Gasteiger partial charge in [-0.05, 0) is 0 Å². The minimum Gasteiger partial charge on any atom is -0.606 e. The van der Waals surface area contributed by atoms with E-state index in [2.05, 4.69) is 4.99 Å². The van der Waals surface area contributed by atoms with Crippen molar-refractivity contribution in [2.45, 2.75) is 26.4 Å². The van der Waals surface area contributed by atoms with Gasteiger partial charge in [0.15, 0.2) is 0 Å². The summed E-state index contributed by atoms with van der Waals surface area (Å²) >= 11 is 0. The van der Waals surface area contributed by atoms with Crippen molar-refractivity contribution < 1.29 is 9.84 Å². The molecule has 0 aliphatic rings. The van der Waals surface area contributed by atoms with E-state index in [4.69, 9.17) is 4.74 Å². The highest BCUT2D eigenvalue weighted by Crippen LogP contribution is 2.13. The number of rotatable bonds is 4. The molecule has 3 nitrogen and oxygen atoms in total. The van der Waals surface area contributed by atoms with E-state index < -0.39 is 11.5 Å². The maximum absolute atomic E-state index is 11.8. The van der Waals surface area contributed by atoms with Gasteiger partial charge in [0.05, 0.1) is 11.7 Å². The molecule has 0 spiro atoms. The molecule has 0 N–H and O–H groups in total. The third kappa shape index (κ3) is 4.77. The predicted molar refractivity (Wildman–Crippen MR) is 87.4 cm³/mol. The Morgan fingerprint density at radius 3 is 1.77 bits per heavy atom. The van der Waals surface area contributed by atoms with Gasteiger partial charge in [0.2, 0.25) is 0 Å². The van der Waals surface area contributed by atoms with Crippen LogP contribution >= 0.6 is 0 Å². The van der Waals surface area contributed by atoms with Crippen molar-refractivity contribution >= 4 is 5.71 Å². The van der Waals surface area contributed by atoms with Crippen LogP contribution in [0.15, 0.2) is 77.8 Å². The largest absolute Gasteiger partial charge is 0.606 e. The number of hydrogen-bond acceptors (Lipinski definition) is 3. The summed E-state index contributed by atoms with van der Waals surface area (Å²) in [6.07, 6.45) is 1.24. The minimum atomic E-state index is -0.525. The zero-order chi connectivity index (χ0) is 16.0. The molecule has 2 rings (SSSR count). The average molecular weight is 294 g/mol. The van der Waals surface area contributed by atoms with Crippen LogP contribution in [-0.2, 0) is 4.74 Å². The molecule has 22 heavy (non-hydrogen) atoms. The molecule has 0 bridgehead atoms. The Balaban J connectivity index is 2.38. The highest BCUT2D eigenvalue weighted by molar-refractivity contribution is 6.13. The van der Waals surface area contributed by atoms with Crippen molar-refractivity contribution in [3.63, 3.8) is 0 Å². The van der Waals surface area contributed by atoms with Crippen LogP contribution in [-0.4, -0.2) is 11.3 Å². The topological polar surface area (TPSA) is 44.6 Å². The first-order valence-electron chi connectivity index (χ1n) is 7.20. The van der Waals surface area contributed by atoms with Gasteiger partial charge in [-0.25, -0.2) is 0 Å². The molecular weight excluding hydrogens is 274 g/mol. The fourth-order valence-electron chi connectivity index (χ4n) is 1.95. The van der Waals surface area contributed by atoms with Crippen LogP contribution in [0, 0.1) is 0 Å². The summed E-state index contributed by atoms with van der Waals surface area (Å²) in [6.45, 7) is 5.49. The van der Waals surface area contributed by atoms with Gasteiger partial charge in [-0.15, -0.1) is 0 Å². The predicted octanol–water partition coefficient (Wildman–Crippen LogP) is 3.50. The Morgan fingerprint density at radius 1 is 0.909 bits per heavy atom. The molecule has 3 heteroatoms. The zero-order valence-electron chi connectivity index (χ0n) is 13.1.